The first-order valence-corrected chi connectivity index (χ1v) is 11.9. The number of carbonyl (C=O) groups is 1. The third-order valence-electron chi connectivity index (χ3n) is 6.05. The maximum Gasteiger partial charge on any atom is 0.231 e. The van der Waals surface area contributed by atoms with Crippen LogP contribution in [0.4, 0.5) is 0 Å². The molecule has 178 valence electrons. The molecule has 0 aliphatic carbocycles. The number of hydrogen-bond acceptors (Lipinski definition) is 4. The number of carbonyl (C=O) groups excluding carboxylic acids is 1. The number of rotatable bonds is 10. The summed E-state index contributed by atoms with van der Waals surface area (Å²) in [5.41, 5.74) is 3.57. The molecule has 5 heteroatoms. The predicted octanol–water partition coefficient (Wildman–Crippen LogP) is 5.97. The van der Waals surface area contributed by atoms with Gasteiger partial charge in [-0.1, -0.05) is 48.5 Å². The maximum atomic E-state index is 12.5. The van der Waals surface area contributed by atoms with E-state index in [4.69, 9.17) is 14.2 Å². The first-order chi connectivity index (χ1) is 16.5. The molecule has 5 nitrogen and oxygen atoms in total. The molecule has 1 atom stereocenters. The average Bonchev–Trinajstić information content (AvgIpc) is 3.30. The number of ether oxygens (including phenoxy) is 3. The van der Waals surface area contributed by atoms with E-state index >= 15 is 0 Å². The number of benzene rings is 3. The topological polar surface area (TPSA) is 48.0 Å². The largest absolute Gasteiger partial charge is 0.491 e. The van der Waals surface area contributed by atoms with Gasteiger partial charge in [-0.2, -0.15) is 0 Å². The van der Waals surface area contributed by atoms with Gasteiger partial charge in [-0.05, 0) is 73.6 Å². The Morgan fingerprint density at radius 2 is 1.68 bits per heavy atom. The van der Waals surface area contributed by atoms with E-state index in [2.05, 4.69) is 36.4 Å². The van der Waals surface area contributed by atoms with Crippen LogP contribution in [0, 0.1) is 0 Å². The minimum Gasteiger partial charge on any atom is -0.491 e. The Morgan fingerprint density at radius 1 is 0.941 bits per heavy atom. The van der Waals surface area contributed by atoms with Gasteiger partial charge in [0.05, 0.1) is 6.10 Å². The highest BCUT2D eigenvalue weighted by Crippen LogP contribution is 2.36. The fourth-order valence-electron chi connectivity index (χ4n) is 4.28. The third-order valence-corrected chi connectivity index (χ3v) is 6.05. The van der Waals surface area contributed by atoms with Crippen LogP contribution in [-0.2, 0) is 17.8 Å². The van der Waals surface area contributed by atoms with E-state index in [-0.39, 0.29) is 24.7 Å². The molecule has 0 fully saturated rings. The average molecular weight is 460 g/mol. The molecule has 3 aromatic carbocycles. The van der Waals surface area contributed by atoms with Gasteiger partial charge in [0.2, 0.25) is 12.7 Å². The van der Waals surface area contributed by atoms with E-state index < -0.39 is 0 Å². The van der Waals surface area contributed by atoms with Crippen LogP contribution in [0.15, 0.2) is 72.8 Å². The van der Waals surface area contributed by atoms with Crippen molar-refractivity contribution in [2.45, 2.75) is 52.2 Å². The molecular weight excluding hydrogens is 426 g/mol. The molecule has 0 bridgehead atoms. The van der Waals surface area contributed by atoms with E-state index in [9.17, 15) is 4.79 Å². The van der Waals surface area contributed by atoms with Crippen LogP contribution in [0.3, 0.4) is 0 Å². The second-order valence-corrected chi connectivity index (χ2v) is 9.04. The Morgan fingerprint density at radius 3 is 2.38 bits per heavy atom. The molecule has 1 amide bonds. The van der Waals surface area contributed by atoms with Crippen molar-refractivity contribution in [1.29, 1.82) is 0 Å². The maximum absolute atomic E-state index is 12.5. The van der Waals surface area contributed by atoms with Crippen molar-refractivity contribution in [3.8, 4) is 17.2 Å². The molecule has 34 heavy (non-hydrogen) atoms. The Hall–Kier alpha value is -3.47. The van der Waals surface area contributed by atoms with Crippen LogP contribution in [0.1, 0.15) is 49.8 Å². The highest BCUT2D eigenvalue weighted by Gasteiger charge is 2.20. The van der Waals surface area contributed by atoms with Crippen molar-refractivity contribution in [3.05, 3.63) is 89.5 Å². The molecule has 1 aliphatic heterocycles. The minimum absolute atomic E-state index is 0.0756. The van der Waals surface area contributed by atoms with Gasteiger partial charge >= 0.3 is 0 Å². The summed E-state index contributed by atoms with van der Waals surface area (Å²) in [6.07, 6.45) is 1.88. The highest BCUT2D eigenvalue weighted by atomic mass is 16.7. The van der Waals surface area contributed by atoms with Crippen LogP contribution >= 0.6 is 0 Å². The third kappa shape index (κ3) is 6.31. The first-order valence-electron chi connectivity index (χ1n) is 11.9. The molecule has 0 spiro atoms. The molecule has 0 N–H and O–H groups in total. The van der Waals surface area contributed by atoms with Crippen LogP contribution in [0.5, 0.6) is 17.2 Å². The smallest absolute Gasteiger partial charge is 0.231 e. The summed E-state index contributed by atoms with van der Waals surface area (Å²) in [6, 6.07) is 24.7. The van der Waals surface area contributed by atoms with Gasteiger partial charge in [-0.3, -0.25) is 4.79 Å². The van der Waals surface area contributed by atoms with E-state index in [0.717, 1.165) is 35.7 Å². The van der Waals surface area contributed by atoms with Crippen LogP contribution in [0.25, 0.3) is 0 Å². The second-order valence-electron chi connectivity index (χ2n) is 9.04. The standard InChI is InChI=1S/C29H33NO4/c1-21(2)34-27-12-9-24(10-13-27)19-30(22(3)31)16-15-26(17-23-7-5-4-6-8-23)25-11-14-28-29(18-25)33-20-32-28/h4-14,18,21,26H,15-17,19-20H2,1-3H3. The van der Waals surface area contributed by atoms with Crippen molar-refractivity contribution in [2.75, 3.05) is 13.3 Å². The number of hydrogen-bond donors (Lipinski definition) is 0. The molecule has 3 aromatic rings. The van der Waals surface area contributed by atoms with Crippen molar-refractivity contribution >= 4 is 5.91 Å². The zero-order valence-corrected chi connectivity index (χ0v) is 20.2. The lowest BCUT2D eigenvalue weighted by Gasteiger charge is -2.25. The summed E-state index contributed by atoms with van der Waals surface area (Å²) in [5, 5.41) is 0. The fraction of sp³-hybridized carbons (Fsp3) is 0.345. The predicted molar refractivity (Wildman–Crippen MR) is 133 cm³/mol. The Kier molecular flexibility index (Phi) is 7.73. The Labute approximate surface area is 202 Å². The molecule has 4 rings (SSSR count). The summed E-state index contributed by atoms with van der Waals surface area (Å²) < 4.78 is 16.8. The lowest BCUT2D eigenvalue weighted by atomic mass is 9.88. The molecule has 1 unspecified atom stereocenters. The Balaban J connectivity index is 1.47. The molecule has 0 saturated carbocycles. The van der Waals surface area contributed by atoms with Gasteiger partial charge in [-0.15, -0.1) is 0 Å². The van der Waals surface area contributed by atoms with Crippen LogP contribution in [-0.4, -0.2) is 30.2 Å². The van der Waals surface area contributed by atoms with Gasteiger partial charge in [0.15, 0.2) is 11.5 Å². The molecule has 1 aliphatic rings. The Bertz CT molecular complexity index is 1080. The van der Waals surface area contributed by atoms with E-state index in [0.29, 0.717) is 13.1 Å². The van der Waals surface area contributed by atoms with E-state index in [1.54, 1.807) is 6.92 Å². The van der Waals surface area contributed by atoms with E-state index in [1.807, 2.05) is 55.1 Å². The van der Waals surface area contributed by atoms with E-state index in [1.165, 1.54) is 11.1 Å². The summed E-state index contributed by atoms with van der Waals surface area (Å²) >= 11 is 0. The zero-order chi connectivity index (χ0) is 23.9. The number of fused-ring (bicyclic) bond motifs is 1. The van der Waals surface area contributed by atoms with Gasteiger partial charge in [0.1, 0.15) is 5.75 Å². The van der Waals surface area contributed by atoms with Crippen molar-refractivity contribution in [3.63, 3.8) is 0 Å². The molecule has 1 heterocycles. The van der Waals surface area contributed by atoms with Crippen LogP contribution < -0.4 is 14.2 Å². The summed E-state index contributed by atoms with van der Waals surface area (Å²) in [6.45, 7) is 7.18. The lowest BCUT2D eigenvalue weighted by Crippen LogP contribution is -2.30. The first kappa shape index (κ1) is 23.7. The quantitative estimate of drug-likeness (QED) is 0.375. The minimum atomic E-state index is 0.0756. The SMILES string of the molecule is CC(=O)N(CCC(Cc1ccccc1)c1ccc2c(c1)OCO2)Cc1ccc(OC(C)C)cc1. The molecule has 0 aromatic heterocycles. The summed E-state index contributed by atoms with van der Waals surface area (Å²) in [5.74, 6) is 2.76. The zero-order valence-electron chi connectivity index (χ0n) is 20.2. The highest BCUT2D eigenvalue weighted by molar-refractivity contribution is 5.73. The molecule has 0 radical (unpaired) electrons. The van der Waals surface area contributed by atoms with Gasteiger partial charge in [-0.25, -0.2) is 0 Å². The van der Waals surface area contributed by atoms with Crippen LogP contribution in [0.2, 0.25) is 0 Å². The van der Waals surface area contributed by atoms with Gasteiger partial charge in [0.25, 0.3) is 0 Å². The van der Waals surface area contributed by atoms with Gasteiger partial charge in [0, 0.05) is 20.0 Å². The molecule has 0 saturated heterocycles. The second kappa shape index (κ2) is 11.1. The molecular formula is C29H33NO4. The number of nitrogens with zero attached hydrogens (tertiary/aromatic N) is 1. The fourth-order valence-corrected chi connectivity index (χ4v) is 4.28. The van der Waals surface area contributed by atoms with Gasteiger partial charge < -0.3 is 19.1 Å². The van der Waals surface area contributed by atoms with Crippen molar-refractivity contribution in [1.82, 2.24) is 4.90 Å². The monoisotopic (exact) mass is 459 g/mol. The summed E-state index contributed by atoms with van der Waals surface area (Å²) in [7, 11) is 0. The summed E-state index contributed by atoms with van der Waals surface area (Å²) in [4.78, 5) is 14.4. The lowest BCUT2D eigenvalue weighted by molar-refractivity contribution is -0.129. The van der Waals surface area contributed by atoms with Crippen molar-refractivity contribution in [2.24, 2.45) is 0 Å². The normalized spacial score (nSPS) is 13.1. The van der Waals surface area contributed by atoms with Crippen molar-refractivity contribution < 1.29 is 19.0 Å². The number of amides is 1.